The number of nitrogens with zero attached hydrogens (tertiary/aromatic N) is 3. The summed E-state index contributed by atoms with van der Waals surface area (Å²) >= 11 is 0. The maximum Gasteiger partial charge on any atom is 0.454 e. The van der Waals surface area contributed by atoms with Gasteiger partial charge in [0.25, 0.3) is 0 Å². The summed E-state index contributed by atoms with van der Waals surface area (Å²) in [6, 6.07) is 0. The quantitative estimate of drug-likeness (QED) is 0.113. The Balaban J connectivity index is 1.86. The van der Waals surface area contributed by atoms with Gasteiger partial charge in [-0.05, 0) is 6.42 Å². The van der Waals surface area contributed by atoms with E-state index in [9.17, 15) is 9.46 Å². The van der Waals surface area contributed by atoms with Gasteiger partial charge < -0.3 is 14.7 Å². The molecule has 1 atom stereocenters. The van der Waals surface area contributed by atoms with Gasteiger partial charge in [0.1, 0.15) is 0 Å². The highest BCUT2D eigenvalue weighted by atomic mass is 31.2. The maximum absolute atomic E-state index is 11.8. The van der Waals surface area contributed by atoms with Crippen LogP contribution in [0.4, 0.5) is 0 Å². The van der Waals surface area contributed by atoms with E-state index in [4.69, 9.17) is 0 Å². The first-order valence-corrected chi connectivity index (χ1v) is 16.0. The molecular formula is C27H56N3O3P. The van der Waals surface area contributed by atoms with E-state index in [1.807, 2.05) is 11.9 Å². The Labute approximate surface area is 211 Å². The summed E-state index contributed by atoms with van der Waals surface area (Å²) in [5.41, 5.74) is 0. The van der Waals surface area contributed by atoms with Gasteiger partial charge in [-0.25, -0.2) is 4.57 Å². The van der Waals surface area contributed by atoms with Crippen LogP contribution >= 0.6 is 7.75 Å². The second-order valence-corrected chi connectivity index (χ2v) is 11.7. The zero-order valence-corrected chi connectivity index (χ0v) is 23.7. The molecular weight excluding hydrogens is 445 g/mol. The van der Waals surface area contributed by atoms with Crippen molar-refractivity contribution in [3.05, 3.63) is 0 Å². The zero-order chi connectivity index (χ0) is 24.9. The minimum Gasteiger partial charge on any atom is -0.344 e. The molecule has 6 nitrogen and oxygen atoms in total. The second kappa shape index (κ2) is 20.6. The number of unbranched alkanes of at least 4 members (excludes halogenated alkanes) is 19. The van der Waals surface area contributed by atoms with Crippen LogP contribution in [0.2, 0.25) is 0 Å². The molecule has 0 aromatic carbocycles. The molecule has 0 spiro atoms. The average Bonchev–Trinajstić information content (AvgIpc) is 3.16. The molecule has 7 heteroatoms. The highest BCUT2D eigenvalue weighted by Crippen LogP contribution is 2.43. The Kier molecular flexibility index (Phi) is 19.1. The van der Waals surface area contributed by atoms with Gasteiger partial charge in [0.2, 0.25) is 5.96 Å². The van der Waals surface area contributed by atoms with E-state index < -0.39 is 7.75 Å². The van der Waals surface area contributed by atoms with Crippen molar-refractivity contribution in [2.45, 2.75) is 135 Å². The van der Waals surface area contributed by atoms with Gasteiger partial charge in [-0.15, -0.1) is 4.76 Å². The Morgan fingerprint density at radius 3 is 1.50 bits per heavy atom. The average molecular weight is 502 g/mol. The maximum atomic E-state index is 11.8. The van der Waals surface area contributed by atoms with Crippen LogP contribution in [0.3, 0.4) is 0 Å². The van der Waals surface area contributed by atoms with Gasteiger partial charge in [-0.1, -0.05) is 129 Å². The van der Waals surface area contributed by atoms with Crippen molar-refractivity contribution >= 4 is 13.7 Å². The molecule has 0 aliphatic carbocycles. The Bertz CT molecular complexity index is 559. The molecule has 1 saturated heterocycles. The number of rotatable bonds is 23. The van der Waals surface area contributed by atoms with Gasteiger partial charge in [0.05, 0.1) is 0 Å². The predicted molar refractivity (Wildman–Crippen MR) is 146 cm³/mol. The van der Waals surface area contributed by atoms with E-state index in [2.05, 4.69) is 21.1 Å². The lowest BCUT2D eigenvalue weighted by Gasteiger charge is -2.21. The Morgan fingerprint density at radius 2 is 1.12 bits per heavy atom. The lowest BCUT2D eigenvalue weighted by molar-refractivity contribution is 0.315. The minimum absolute atomic E-state index is 0.588. The van der Waals surface area contributed by atoms with E-state index in [0.717, 1.165) is 26.1 Å². The summed E-state index contributed by atoms with van der Waals surface area (Å²) in [6.07, 6.45) is 27.7. The third kappa shape index (κ3) is 16.2. The first-order chi connectivity index (χ1) is 16.5. The molecule has 1 aliphatic rings. The molecule has 0 bridgehead atoms. The van der Waals surface area contributed by atoms with Crippen LogP contribution in [0.5, 0.6) is 0 Å². The topological polar surface area (TPSA) is 65.4 Å². The molecule has 1 fully saturated rings. The molecule has 0 aromatic heterocycles. The summed E-state index contributed by atoms with van der Waals surface area (Å²) in [7, 11) is -0.740. The fourth-order valence-electron chi connectivity index (χ4n) is 4.78. The largest absolute Gasteiger partial charge is 0.454 e. The van der Waals surface area contributed by atoms with E-state index in [0.29, 0.717) is 5.96 Å². The molecule has 0 radical (unpaired) electrons. The third-order valence-corrected chi connectivity index (χ3v) is 7.97. The van der Waals surface area contributed by atoms with E-state index in [1.165, 1.54) is 129 Å². The van der Waals surface area contributed by atoms with Crippen molar-refractivity contribution in [1.29, 1.82) is 0 Å². The van der Waals surface area contributed by atoms with Crippen molar-refractivity contribution in [2.75, 3.05) is 33.8 Å². The SMILES string of the molecule is CCCCCCCCCCCCCCCCCCCCCCN1CCN(C)C1=NP(=O)(O)OC. The molecule has 1 aliphatic heterocycles. The molecule has 0 aromatic rings. The van der Waals surface area contributed by atoms with Crippen molar-refractivity contribution in [3.8, 4) is 0 Å². The Hall–Kier alpha value is -0.580. The Morgan fingerprint density at radius 1 is 0.735 bits per heavy atom. The normalized spacial score (nSPS) is 17.1. The summed E-state index contributed by atoms with van der Waals surface area (Å²) in [5.74, 6) is 0.588. The zero-order valence-electron chi connectivity index (χ0n) is 22.8. The van der Waals surface area contributed by atoms with Crippen LogP contribution in [-0.2, 0) is 9.09 Å². The third-order valence-electron chi connectivity index (χ3n) is 7.06. The summed E-state index contributed by atoms with van der Waals surface area (Å²) < 4.78 is 20.3. The van der Waals surface area contributed by atoms with Crippen LogP contribution in [0.1, 0.15) is 135 Å². The standard InChI is InChI=1S/C27H56N3O3P/c1-4-5-6-7-8-9-10-11-12-13-14-15-16-17-18-19-20-21-22-23-24-30-26-25-29(2)27(30)28-34(31,32)33-3/h4-26H2,1-3H3,(H,31,32). The molecule has 0 amide bonds. The van der Waals surface area contributed by atoms with Gasteiger partial charge in [0.15, 0.2) is 0 Å². The first kappa shape index (κ1) is 31.4. The fourth-order valence-corrected chi connectivity index (χ4v) is 5.36. The van der Waals surface area contributed by atoms with Crippen LogP contribution in [0.15, 0.2) is 4.76 Å². The molecule has 1 heterocycles. The summed E-state index contributed by atoms with van der Waals surface area (Å²) in [5, 5.41) is 0. The van der Waals surface area contributed by atoms with Crippen molar-refractivity contribution in [3.63, 3.8) is 0 Å². The number of likely N-dealkylation sites (N-methyl/N-ethyl adjacent to an activating group) is 1. The van der Waals surface area contributed by atoms with E-state index >= 15 is 0 Å². The summed E-state index contributed by atoms with van der Waals surface area (Å²) in [6.45, 7) is 4.88. The summed E-state index contributed by atoms with van der Waals surface area (Å²) in [4.78, 5) is 13.7. The number of hydrogen-bond donors (Lipinski definition) is 1. The van der Waals surface area contributed by atoms with Crippen molar-refractivity contribution in [2.24, 2.45) is 4.76 Å². The van der Waals surface area contributed by atoms with E-state index in [-0.39, 0.29) is 0 Å². The predicted octanol–water partition coefficient (Wildman–Crippen LogP) is 8.16. The van der Waals surface area contributed by atoms with Crippen molar-refractivity contribution in [1.82, 2.24) is 9.80 Å². The van der Waals surface area contributed by atoms with Gasteiger partial charge in [-0.3, -0.25) is 4.52 Å². The molecule has 202 valence electrons. The number of hydrogen-bond acceptors (Lipinski definition) is 2. The van der Waals surface area contributed by atoms with Crippen LogP contribution in [-0.4, -0.2) is 54.4 Å². The number of guanidine groups is 1. The minimum atomic E-state index is -3.87. The second-order valence-electron chi connectivity index (χ2n) is 10.2. The lowest BCUT2D eigenvalue weighted by Crippen LogP contribution is -2.32. The van der Waals surface area contributed by atoms with Gasteiger partial charge in [-0.2, -0.15) is 0 Å². The fraction of sp³-hybridized carbons (Fsp3) is 0.963. The molecule has 34 heavy (non-hydrogen) atoms. The molecule has 1 rings (SSSR count). The highest BCUT2D eigenvalue weighted by Gasteiger charge is 2.27. The smallest absolute Gasteiger partial charge is 0.344 e. The van der Waals surface area contributed by atoms with Gasteiger partial charge >= 0.3 is 7.75 Å². The highest BCUT2D eigenvalue weighted by molar-refractivity contribution is 7.51. The van der Waals surface area contributed by atoms with Crippen LogP contribution in [0, 0.1) is 0 Å². The van der Waals surface area contributed by atoms with E-state index in [1.54, 1.807) is 0 Å². The molecule has 0 saturated carbocycles. The van der Waals surface area contributed by atoms with Gasteiger partial charge in [0, 0.05) is 33.8 Å². The van der Waals surface area contributed by atoms with Crippen molar-refractivity contribution < 1.29 is 14.0 Å². The van der Waals surface area contributed by atoms with Crippen LogP contribution < -0.4 is 0 Å². The van der Waals surface area contributed by atoms with Crippen LogP contribution in [0.25, 0.3) is 0 Å². The first-order valence-electron chi connectivity index (χ1n) is 14.4. The molecule has 1 N–H and O–H groups in total. The monoisotopic (exact) mass is 501 g/mol. The lowest BCUT2D eigenvalue weighted by atomic mass is 10.0. The molecule has 1 unspecified atom stereocenters.